The molecule has 3 aromatic rings. The van der Waals surface area contributed by atoms with E-state index in [9.17, 15) is 9.59 Å². The van der Waals surface area contributed by atoms with Crippen molar-refractivity contribution in [3.05, 3.63) is 82.3 Å². The van der Waals surface area contributed by atoms with Gasteiger partial charge in [-0.15, -0.1) is 11.3 Å². The molecule has 3 rings (SSSR count). The van der Waals surface area contributed by atoms with E-state index in [1.54, 1.807) is 5.51 Å². The molecule has 1 heterocycles. The number of rotatable bonds is 14. The molecule has 0 saturated heterocycles. The lowest BCUT2D eigenvalue weighted by Crippen LogP contribution is -2.46. The molecule has 0 fully saturated rings. The van der Waals surface area contributed by atoms with Gasteiger partial charge < -0.3 is 21.1 Å². The molecule has 2 aromatic carbocycles. The Bertz CT molecular complexity index is 1090. The number of amides is 2. The van der Waals surface area contributed by atoms with E-state index >= 15 is 0 Å². The normalized spacial score (nSPS) is 14.3. The van der Waals surface area contributed by atoms with Crippen LogP contribution in [-0.4, -0.2) is 36.0 Å². The zero-order chi connectivity index (χ0) is 26.6. The van der Waals surface area contributed by atoms with E-state index in [-0.39, 0.29) is 24.3 Å². The molecule has 0 aliphatic carbocycles. The van der Waals surface area contributed by atoms with Crippen molar-refractivity contribution < 1.29 is 14.3 Å². The van der Waals surface area contributed by atoms with E-state index in [0.29, 0.717) is 18.9 Å². The second-order valence-electron chi connectivity index (χ2n) is 9.50. The van der Waals surface area contributed by atoms with Crippen LogP contribution >= 0.6 is 11.3 Å². The number of nitrogens with zero attached hydrogens (tertiary/aromatic N) is 1. The van der Waals surface area contributed by atoms with Gasteiger partial charge in [0.15, 0.2) is 0 Å². The Kier molecular flexibility index (Phi) is 11.1. The molecule has 0 aliphatic heterocycles. The number of nitrogens with two attached hydrogens (primary N) is 1. The number of benzene rings is 2. The van der Waals surface area contributed by atoms with Gasteiger partial charge in [-0.2, -0.15) is 0 Å². The van der Waals surface area contributed by atoms with Crippen molar-refractivity contribution in [1.82, 2.24) is 15.6 Å². The molecule has 2 amide bonds. The van der Waals surface area contributed by atoms with E-state index < -0.39 is 12.1 Å². The molecule has 37 heavy (non-hydrogen) atoms. The van der Waals surface area contributed by atoms with Gasteiger partial charge >= 0.3 is 0 Å². The highest BCUT2D eigenvalue weighted by atomic mass is 32.1. The zero-order valence-electron chi connectivity index (χ0n) is 21.9. The summed E-state index contributed by atoms with van der Waals surface area (Å²) in [4.78, 5) is 30.1. The van der Waals surface area contributed by atoms with E-state index in [1.807, 2.05) is 66.9 Å². The summed E-state index contributed by atoms with van der Waals surface area (Å²) in [6.45, 7) is 7.10. The molecule has 8 heteroatoms. The fraction of sp³-hybridized carbons (Fsp3) is 0.414. The van der Waals surface area contributed by atoms with Crippen LogP contribution in [0.25, 0.3) is 0 Å². The summed E-state index contributed by atoms with van der Waals surface area (Å²) in [5, 5.41) is 7.91. The fourth-order valence-corrected chi connectivity index (χ4v) is 4.61. The standard InChI is InChI=1S/C29H38N4O3S/c1-4-8-20(2)17-36-25-13-11-23(12-14-25)27(33-28(34)21(3)22-9-6-5-7-10-22)16-31-29(35)26(30)15-24-18-37-19-32-24/h5-7,9-14,18-21,26-27H,4,8,15-17,30H2,1-3H3,(H,31,35)(H,33,34)/t20?,21?,26-,27+/m1/s1. The van der Waals surface area contributed by atoms with Gasteiger partial charge in [0.1, 0.15) is 5.75 Å². The molecular formula is C29H38N4O3S. The van der Waals surface area contributed by atoms with Crippen molar-refractivity contribution in [2.24, 2.45) is 11.7 Å². The Hall–Kier alpha value is -3.23. The average molecular weight is 523 g/mol. The molecule has 0 saturated carbocycles. The zero-order valence-corrected chi connectivity index (χ0v) is 22.7. The first kappa shape index (κ1) is 28.3. The lowest BCUT2D eigenvalue weighted by atomic mass is 9.99. The maximum Gasteiger partial charge on any atom is 0.237 e. The van der Waals surface area contributed by atoms with E-state index in [2.05, 4.69) is 29.5 Å². The van der Waals surface area contributed by atoms with Crippen molar-refractivity contribution in [2.75, 3.05) is 13.2 Å². The summed E-state index contributed by atoms with van der Waals surface area (Å²) in [7, 11) is 0. The van der Waals surface area contributed by atoms with Gasteiger partial charge in [-0.25, -0.2) is 4.98 Å². The van der Waals surface area contributed by atoms with Crippen molar-refractivity contribution in [3.63, 3.8) is 0 Å². The van der Waals surface area contributed by atoms with Gasteiger partial charge in [-0.3, -0.25) is 9.59 Å². The topological polar surface area (TPSA) is 106 Å². The van der Waals surface area contributed by atoms with Crippen molar-refractivity contribution in [2.45, 2.75) is 58.0 Å². The first-order chi connectivity index (χ1) is 17.9. The number of carbonyl (C=O) groups is 2. The third kappa shape index (κ3) is 8.98. The quantitative estimate of drug-likeness (QED) is 0.287. The Balaban J connectivity index is 1.68. The van der Waals surface area contributed by atoms with Crippen molar-refractivity contribution in [1.29, 1.82) is 0 Å². The summed E-state index contributed by atoms with van der Waals surface area (Å²) >= 11 is 1.47. The van der Waals surface area contributed by atoms with Crippen LogP contribution in [0.3, 0.4) is 0 Å². The van der Waals surface area contributed by atoms with Gasteiger partial charge in [0.2, 0.25) is 11.8 Å². The first-order valence-electron chi connectivity index (χ1n) is 12.9. The molecule has 1 aromatic heterocycles. The Morgan fingerprint density at radius 1 is 1.03 bits per heavy atom. The lowest BCUT2D eigenvalue weighted by molar-refractivity contribution is -0.124. The Morgan fingerprint density at radius 2 is 1.76 bits per heavy atom. The number of hydrogen-bond donors (Lipinski definition) is 3. The van der Waals surface area contributed by atoms with Crippen LogP contribution in [0, 0.1) is 5.92 Å². The van der Waals surface area contributed by atoms with Gasteiger partial charge in [-0.1, -0.05) is 62.7 Å². The fourth-order valence-electron chi connectivity index (χ4n) is 4.04. The van der Waals surface area contributed by atoms with Crippen LogP contribution in [0.5, 0.6) is 5.75 Å². The van der Waals surface area contributed by atoms with Crippen LogP contribution in [0.15, 0.2) is 65.5 Å². The van der Waals surface area contributed by atoms with Crippen LogP contribution in [0.4, 0.5) is 0 Å². The monoisotopic (exact) mass is 522 g/mol. The second-order valence-corrected chi connectivity index (χ2v) is 10.2. The van der Waals surface area contributed by atoms with Crippen molar-refractivity contribution >= 4 is 23.2 Å². The molecule has 0 bridgehead atoms. The molecule has 198 valence electrons. The van der Waals surface area contributed by atoms with Crippen LogP contribution < -0.4 is 21.1 Å². The summed E-state index contributed by atoms with van der Waals surface area (Å²) < 4.78 is 5.93. The number of carbonyl (C=O) groups excluding carboxylic acids is 2. The SMILES string of the molecule is CCCC(C)COc1ccc([C@H](CNC(=O)[C@H](N)Cc2cscn2)NC(=O)C(C)c2ccccc2)cc1. The number of thiazole rings is 1. The van der Waals surface area contributed by atoms with Crippen LogP contribution in [0.2, 0.25) is 0 Å². The molecule has 0 spiro atoms. The van der Waals surface area contributed by atoms with Crippen LogP contribution in [0.1, 0.15) is 62.4 Å². The smallest absolute Gasteiger partial charge is 0.237 e. The maximum atomic E-state index is 13.1. The highest BCUT2D eigenvalue weighted by molar-refractivity contribution is 7.07. The molecule has 4 atom stereocenters. The van der Waals surface area contributed by atoms with E-state index in [4.69, 9.17) is 10.5 Å². The minimum atomic E-state index is -0.720. The third-order valence-corrected chi connectivity index (χ3v) is 6.97. The highest BCUT2D eigenvalue weighted by Gasteiger charge is 2.22. The number of aromatic nitrogens is 1. The molecule has 7 nitrogen and oxygen atoms in total. The minimum absolute atomic E-state index is 0.120. The van der Waals surface area contributed by atoms with E-state index in [0.717, 1.165) is 35.4 Å². The third-order valence-electron chi connectivity index (χ3n) is 6.34. The molecule has 0 radical (unpaired) electrons. The Labute approximate surface area is 223 Å². The number of ether oxygens (including phenoxy) is 1. The van der Waals surface area contributed by atoms with Gasteiger partial charge in [-0.05, 0) is 42.5 Å². The first-order valence-corrected chi connectivity index (χ1v) is 13.8. The summed E-state index contributed by atoms with van der Waals surface area (Å²) in [6.07, 6.45) is 2.61. The number of hydrogen-bond acceptors (Lipinski definition) is 6. The lowest BCUT2D eigenvalue weighted by Gasteiger charge is -2.23. The largest absolute Gasteiger partial charge is 0.493 e. The summed E-state index contributed by atoms with van der Waals surface area (Å²) in [5.74, 6) is 0.525. The maximum absolute atomic E-state index is 13.1. The van der Waals surface area contributed by atoms with Crippen LogP contribution in [-0.2, 0) is 16.0 Å². The Morgan fingerprint density at radius 3 is 2.41 bits per heavy atom. The van der Waals surface area contributed by atoms with Gasteiger partial charge in [0, 0.05) is 18.3 Å². The molecule has 0 aliphatic rings. The van der Waals surface area contributed by atoms with Gasteiger partial charge in [0.05, 0.1) is 35.8 Å². The molecular weight excluding hydrogens is 484 g/mol. The second kappa shape index (κ2) is 14.5. The highest BCUT2D eigenvalue weighted by Crippen LogP contribution is 2.21. The van der Waals surface area contributed by atoms with Crippen molar-refractivity contribution in [3.8, 4) is 5.75 Å². The van der Waals surface area contributed by atoms with E-state index in [1.165, 1.54) is 11.3 Å². The molecule has 4 N–H and O–H groups in total. The predicted octanol–water partition coefficient (Wildman–Crippen LogP) is 4.61. The summed E-state index contributed by atoms with van der Waals surface area (Å²) in [5.41, 5.74) is 10.4. The molecule has 2 unspecified atom stereocenters. The summed E-state index contributed by atoms with van der Waals surface area (Å²) in [6, 6.07) is 16.2. The predicted molar refractivity (Wildman–Crippen MR) is 149 cm³/mol. The minimum Gasteiger partial charge on any atom is -0.493 e. The average Bonchev–Trinajstić information content (AvgIpc) is 3.43. The van der Waals surface area contributed by atoms with Gasteiger partial charge in [0.25, 0.3) is 0 Å². The number of nitrogens with one attached hydrogen (secondary N) is 2.